The highest BCUT2D eigenvalue weighted by Crippen LogP contribution is 2.18. The van der Waals surface area contributed by atoms with Crippen LogP contribution in [0.25, 0.3) is 0 Å². The fourth-order valence-electron chi connectivity index (χ4n) is 3.53. The molecule has 0 saturated carbocycles. The van der Waals surface area contributed by atoms with Crippen molar-refractivity contribution >= 4 is 17.5 Å². The van der Waals surface area contributed by atoms with E-state index >= 15 is 0 Å². The molecule has 0 spiro atoms. The average molecular weight is 405 g/mol. The number of ether oxygens (including phenoxy) is 1. The van der Waals surface area contributed by atoms with Crippen molar-refractivity contribution in [1.29, 1.82) is 0 Å². The highest BCUT2D eigenvalue weighted by Gasteiger charge is 2.25. The first kappa shape index (κ1) is 23.2. The van der Waals surface area contributed by atoms with Gasteiger partial charge in [-0.3, -0.25) is 14.5 Å². The molecule has 1 aliphatic rings. The summed E-state index contributed by atoms with van der Waals surface area (Å²) in [6.07, 6.45) is 3.35. The number of amides is 2. The maximum absolute atomic E-state index is 12.2. The summed E-state index contributed by atoms with van der Waals surface area (Å²) in [5, 5.41) is 5.44. The Balaban J connectivity index is 1.76. The Morgan fingerprint density at radius 2 is 1.76 bits per heavy atom. The monoisotopic (exact) mass is 404 g/mol. The smallest absolute Gasteiger partial charge is 0.313 e. The SMILES string of the molecule is CC(C)C(CNC(=O)C(=O)Nc1ccc(OCCCN(C)C)cc1)N1CCCC1. The second-order valence-corrected chi connectivity index (χ2v) is 8.25. The molecule has 7 nitrogen and oxygen atoms in total. The summed E-state index contributed by atoms with van der Waals surface area (Å²) in [5.41, 5.74) is 0.575. The van der Waals surface area contributed by atoms with Gasteiger partial charge in [0.1, 0.15) is 5.75 Å². The minimum atomic E-state index is -0.645. The second kappa shape index (κ2) is 11.8. The van der Waals surface area contributed by atoms with E-state index in [1.807, 2.05) is 14.1 Å². The molecule has 0 radical (unpaired) electrons. The van der Waals surface area contributed by atoms with Crippen molar-refractivity contribution in [3.63, 3.8) is 0 Å². The minimum absolute atomic E-state index is 0.262. The van der Waals surface area contributed by atoms with E-state index in [0.717, 1.165) is 31.8 Å². The number of hydrogen-bond acceptors (Lipinski definition) is 5. The number of carbonyl (C=O) groups excluding carboxylic acids is 2. The summed E-state index contributed by atoms with van der Waals surface area (Å²) >= 11 is 0. The van der Waals surface area contributed by atoms with Gasteiger partial charge in [-0.25, -0.2) is 0 Å². The number of nitrogens with one attached hydrogen (secondary N) is 2. The Morgan fingerprint density at radius 1 is 1.10 bits per heavy atom. The van der Waals surface area contributed by atoms with Crippen LogP contribution in [0, 0.1) is 5.92 Å². The number of rotatable bonds is 10. The standard InChI is InChI=1S/C22H36N4O3/c1-17(2)20(26-13-5-6-14-26)16-23-21(27)22(28)24-18-8-10-19(11-9-18)29-15-7-12-25(3)4/h8-11,17,20H,5-7,12-16H2,1-4H3,(H,23,27)(H,24,28). The topological polar surface area (TPSA) is 73.9 Å². The van der Waals surface area contributed by atoms with Crippen LogP contribution in [0.3, 0.4) is 0 Å². The highest BCUT2D eigenvalue weighted by molar-refractivity contribution is 6.39. The third-order valence-electron chi connectivity index (χ3n) is 5.19. The summed E-state index contributed by atoms with van der Waals surface area (Å²) in [7, 11) is 4.06. The van der Waals surface area contributed by atoms with E-state index in [4.69, 9.17) is 4.74 Å². The van der Waals surface area contributed by atoms with Crippen molar-refractivity contribution in [3.8, 4) is 5.75 Å². The maximum Gasteiger partial charge on any atom is 0.313 e. The molecule has 2 N–H and O–H groups in total. The molecule has 162 valence electrons. The molecule has 0 bridgehead atoms. The first-order chi connectivity index (χ1) is 13.9. The van der Waals surface area contributed by atoms with Crippen LogP contribution in [0.2, 0.25) is 0 Å². The Labute approximate surface area is 174 Å². The van der Waals surface area contributed by atoms with Crippen molar-refractivity contribution in [2.75, 3.05) is 52.2 Å². The third kappa shape index (κ3) is 8.03. The van der Waals surface area contributed by atoms with E-state index in [1.165, 1.54) is 12.8 Å². The fraction of sp³-hybridized carbons (Fsp3) is 0.636. The van der Waals surface area contributed by atoms with Crippen LogP contribution in [-0.2, 0) is 9.59 Å². The van der Waals surface area contributed by atoms with E-state index in [0.29, 0.717) is 24.8 Å². The molecule has 1 aliphatic heterocycles. The average Bonchev–Trinajstić information content (AvgIpc) is 3.20. The predicted molar refractivity (Wildman–Crippen MR) is 116 cm³/mol. The number of benzene rings is 1. The molecule has 1 aromatic rings. The van der Waals surface area contributed by atoms with Crippen molar-refractivity contribution in [2.24, 2.45) is 5.92 Å². The van der Waals surface area contributed by atoms with Crippen LogP contribution in [0.5, 0.6) is 5.75 Å². The normalized spacial score (nSPS) is 15.5. The van der Waals surface area contributed by atoms with Crippen LogP contribution < -0.4 is 15.4 Å². The molecule has 2 rings (SSSR count). The first-order valence-corrected chi connectivity index (χ1v) is 10.6. The number of carbonyl (C=O) groups is 2. The fourth-order valence-corrected chi connectivity index (χ4v) is 3.53. The number of hydrogen-bond donors (Lipinski definition) is 2. The van der Waals surface area contributed by atoms with Gasteiger partial charge in [0, 0.05) is 24.8 Å². The molecule has 29 heavy (non-hydrogen) atoms. The highest BCUT2D eigenvalue weighted by atomic mass is 16.5. The first-order valence-electron chi connectivity index (χ1n) is 10.6. The lowest BCUT2D eigenvalue weighted by atomic mass is 10.0. The second-order valence-electron chi connectivity index (χ2n) is 8.25. The van der Waals surface area contributed by atoms with Gasteiger partial charge in [-0.05, 0) is 76.6 Å². The van der Waals surface area contributed by atoms with E-state index in [-0.39, 0.29) is 6.04 Å². The van der Waals surface area contributed by atoms with Crippen molar-refractivity contribution in [1.82, 2.24) is 15.1 Å². The molecule has 0 aliphatic carbocycles. The summed E-state index contributed by atoms with van der Waals surface area (Å²) in [4.78, 5) is 28.9. The molecule has 0 aromatic heterocycles. The van der Waals surface area contributed by atoms with E-state index in [2.05, 4.69) is 34.3 Å². The number of likely N-dealkylation sites (tertiary alicyclic amines) is 1. The summed E-state index contributed by atoms with van der Waals surface area (Å²) in [6, 6.07) is 7.34. The molecule has 2 amide bonds. The molecule has 1 saturated heterocycles. The van der Waals surface area contributed by atoms with Crippen molar-refractivity contribution in [3.05, 3.63) is 24.3 Å². The Morgan fingerprint density at radius 3 is 2.34 bits per heavy atom. The number of nitrogens with zero attached hydrogens (tertiary/aromatic N) is 2. The molecular formula is C22H36N4O3. The van der Waals surface area contributed by atoms with E-state index < -0.39 is 11.8 Å². The van der Waals surface area contributed by atoms with E-state index in [1.54, 1.807) is 24.3 Å². The zero-order valence-electron chi connectivity index (χ0n) is 18.2. The minimum Gasteiger partial charge on any atom is -0.494 e. The van der Waals surface area contributed by atoms with Gasteiger partial charge in [0.05, 0.1) is 6.61 Å². The van der Waals surface area contributed by atoms with Crippen LogP contribution in [0.4, 0.5) is 5.69 Å². The Kier molecular flexibility index (Phi) is 9.41. The molecule has 7 heteroatoms. The zero-order valence-corrected chi connectivity index (χ0v) is 18.2. The largest absolute Gasteiger partial charge is 0.494 e. The Hall–Kier alpha value is -2.12. The van der Waals surface area contributed by atoms with Crippen molar-refractivity contribution < 1.29 is 14.3 Å². The maximum atomic E-state index is 12.2. The van der Waals surface area contributed by atoms with Gasteiger partial charge in [-0.15, -0.1) is 0 Å². The van der Waals surface area contributed by atoms with Gasteiger partial charge in [0.25, 0.3) is 0 Å². The summed E-state index contributed by atoms with van der Waals surface area (Å²) in [6.45, 7) is 8.53. The van der Waals surface area contributed by atoms with Gasteiger partial charge in [0.15, 0.2) is 0 Å². The quantitative estimate of drug-likeness (QED) is 0.462. The van der Waals surface area contributed by atoms with Gasteiger partial charge in [-0.1, -0.05) is 13.8 Å². The number of anilines is 1. The van der Waals surface area contributed by atoms with Crippen molar-refractivity contribution in [2.45, 2.75) is 39.2 Å². The molecule has 1 aromatic carbocycles. The lowest BCUT2D eigenvalue weighted by molar-refractivity contribution is -0.136. The molecule has 1 heterocycles. The summed E-state index contributed by atoms with van der Waals surface area (Å²) in [5.74, 6) is -0.0780. The Bertz CT molecular complexity index is 640. The van der Waals surface area contributed by atoms with Crippen LogP contribution in [-0.4, -0.2) is 74.5 Å². The lowest BCUT2D eigenvalue weighted by Gasteiger charge is -2.30. The van der Waals surface area contributed by atoms with Crippen LogP contribution in [0.15, 0.2) is 24.3 Å². The van der Waals surface area contributed by atoms with Gasteiger partial charge >= 0.3 is 11.8 Å². The van der Waals surface area contributed by atoms with Gasteiger partial charge in [-0.2, -0.15) is 0 Å². The summed E-state index contributed by atoms with van der Waals surface area (Å²) < 4.78 is 5.68. The van der Waals surface area contributed by atoms with E-state index in [9.17, 15) is 9.59 Å². The third-order valence-corrected chi connectivity index (χ3v) is 5.19. The molecular weight excluding hydrogens is 368 g/mol. The van der Waals surface area contributed by atoms with Gasteiger partial charge in [0.2, 0.25) is 0 Å². The van der Waals surface area contributed by atoms with Crippen LogP contribution >= 0.6 is 0 Å². The predicted octanol–water partition coefficient (Wildman–Crippen LogP) is 2.19. The molecule has 1 fully saturated rings. The lowest BCUT2D eigenvalue weighted by Crippen LogP contribution is -2.47. The zero-order chi connectivity index (χ0) is 21.2. The van der Waals surface area contributed by atoms with Gasteiger partial charge < -0.3 is 20.3 Å². The molecule has 1 unspecified atom stereocenters. The van der Waals surface area contributed by atoms with Crippen LogP contribution in [0.1, 0.15) is 33.1 Å². The molecule has 1 atom stereocenters.